The van der Waals surface area contributed by atoms with Crippen molar-refractivity contribution in [1.29, 1.82) is 0 Å². The Morgan fingerprint density at radius 2 is 2.04 bits per heavy atom. The quantitative estimate of drug-likeness (QED) is 0.514. The molecule has 0 aliphatic rings. The Hall–Kier alpha value is -2.67. The number of carbonyl (C=O) groups is 1. The number of hydrogen-bond acceptors (Lipinski definition) is 5. The van der Waals surface area contributed by atoms with Gasteiger partial charge in [-0.1, -0.05) is 23.7 Å². The fraction of sp³-hybridized carbons (Fsp3) is 0.200. The van der Waals surface area contributed by atoms with Crippen LogP contribution in [0.25, 0.3) is 0 Å². The number of amides is 1. The number of aromatic nitrogens is 1. The van der Waals surface area contributed by atoms with Gasteiger partial charge in [0.05, 0.1) is 23.6 Å². The molecule has 8 heteroatoms. The van der Waals surface area contributed by atoms with E-state index >= 15 is 0 Å². The van der Waals surface area contributed by atoms with Crippen LogP contribution in [0.1, 0.15) is 28.9 Å². The molecule has 0 saturated carbocycles. The average molecular weight is 336 g/mol. The summed E-state index contributed by atoms with van der Waals surface area (Å²) in [7, 11) is 1.57. The lowest BCUT2D eigenvalue weighted by Gasteiger charge is -2.14. The molecule has 7 nitrogen and oxygen atoms in total. The second-order valence-corrected chi connectivity index (χ2v) is 5.12. The van der Waals surface area contributed by atoms with E-state index in [9.17, 15) is 14.9 Å². The van der Waals surface area contributed by atoms with Gasteiger partial charge in [-0.05, 0) is 24.6 Å². The highest BCUT2D eigenvalue weighted by atomic mass is 35.5. The first-order chi connectivity index (χ1) is 10.9. The Labute approximate surface area is 137 Å². The van der Waals surface area contributed by atoms with Gasteiger partial charge in [0.15, 0.2) is 0 Å². The molecule has 1 aromatic heterocycles. The van der Waals surface area contributed by atoms with E-state index in [0.29, 0.717) is 5.75 Å². The van der Waals surface area contributed by atoms with Crippen LogP contribution in [0.2, 0.25) is 5.15 Å². The van der Waals surface area contributed by atoms with E-state index in [0.717, 1.165) is 11.6 Å². The topological polar surface area (TPSA) is 94.4 Å². The number of ether oxygens (including phenoxy) is 1. The summed E-state index contributed by atoms with van der Waals surface area (Å²) in [5.41, 5.74) is 0.536. The highest BCUT2D eigenvalue weighted by molar-refractivity contribution is 6.31. The van der Waals surface area contributed by atoms with Gasteiger partial charge in [-0.2, -0.15) is 0 Å². The molecule has 2 rings (SSSR count). The molecule has 1 unspecified atom stereocenters. The van der Waals surface area contributed by atoms with Crippen molar-refractivity contribution in [3.63, 3.8) is 0 Å². The number of methoxy groups -OCH3 is 1. The van der Waals surface area contributed by atoms with Crippen LogP contribution >= 0.6 is 11.6 Å². The minimum Gasteiger partial charge on any atom is -0.497 e. The number of nitrogens with zero attached hydrogens (tertiary/aromatic N) is 2. The fourth-order valence-electron chi connectivity index (χ4n) is 1.94. The Kier molecular flexibility index (Phi) is 5.13. The van der Waals surface area contributed by atoms with Crippen LogP contribution in [0.5, 0.6) is 5.75 Å². The summed E-state index contributed by atoms with van der Waals surface area (Å²) in [6, 6.07) is 8.03. The molecule has 1 aromatic carbocycles. The minimum absolute atomic E-state index is 0.0708. The summed E-state index contributed by atoms with van der Waals surface area (Å²) in [5.74, 6) is 0.241. The maximum atomic E-state index is 12.2. The molecule has 1 atom stereocenters. The number of halogens is 1. The summed E-state index contributed by atoms with van der Waals surface area (Å²) < 4.78 is 5.07. The van der Waals surface area contributed by atoms with Crippen molar-refractivity contribution in [2.75, 3.05) is 7.11 Å². The summed E-state index contributed by atoms with van der Waals surface area (Å²) in [6.45, 7) is 1.80. The summed E-state index contributed by atoms with van der Waals surface area (Å²) in [4.78, 5) is 26.0. The Morgan fingerprint density at radius 1 is 1.39 bits per heavy atom. The van der Waals surface area contributed by atoms with Crippen LogP contribution in [0.15, 0.2) is 36.5 Å². The first-order valence-corrected chi connectivity index (χ1v) is 7.05. The van der Waals surface area contributed by atoms with Gasteiger partial charge in [0.2, 0.25) is 5.15 Å². The normalized spacial score (nSPS) is 11.6. The highest BCUT2D eigenvalue weighted by Gasteiger charge is 2.19. The minimum atomic E-state index is -0.682. The van der Waals surface area contributed by atoms with Gasteiger partial charge in [0.1, 0.15) is 5.75 Å². The van der Waals surface area contributed by atoms with Crippen molar-refractivity contribution < 1.29 is 14.5 Å². The highest BCUT2D eigenvalue weighted by Crippen LogP contribution is 2.23. The molecular formula is C15H14ClN3O4. The number of hydrogen-bond donors (Lipinski definition) is 1. The molecule has 0 spiro atoms. The first kappa shape index (κ1) is 16.7. The smallest absolute Gasteiger partial charge is 0.307 e. The van der Waals surface area contributed by atoms with Gasteiger partial charge in [0.25, 0.3) is 5.91 Å². The zero-order valence-corrected chi connectivity index (χ0v) is 13.2. The third-order valence-electron chi connectivity index (χ3n) is 3.24. The molecule has 120 valence electrons. The summed E-state index contributed by atoms with van der Waals surface area (Å²) >= 11 is 5.63. The van der Waals surface area contributed by atoms with Crippen LogP contribution in [0.4, 0.5) is 5.69 Å². The van der Waals surface area contributed by atoms with Gasteiger partial charge in [-0.3, -0.25) is 14.9 Å². The number of rotatable bonds is 5. The van der Waals surface area contributed by atoms with Gasteiger partial charge in [-0.25, -0.2) is 4.98 Å². The van der Waals surface area contributed by atoms with E-state index in [2.05, 4.69) is 10.3 Å². The van der Waals surface area contributed by atoms with Gasteiger partial charge >= 0.3 is 5.69 Å². The van der Waals surface area contributed by atoms with E-state index in [-0.39, 0.29) is 16.8 Å². The van der Waals surface area contributed by atoms with Gasteiger partial charge in [-0.15, -0.1) is 0 Å². The lowest BCUT2D eigenvalue weighted by Crippen LogP contribution is -2.26. The standard InChI is InChI=1S/C15H14ClN3O4/c1-9(10-3-5-12(23-2)6-4-10)18-15(20)11-7-13(19(21)22)14(16)17-8-11/h3-9H,1-2H3,(H,18,20). The second-order valence-electron chi connectivity index (χ2n) is 4.76. The average Bonchev–Trinajstić information content (AvgIpc) is 2.54. The van der Waals surface area contributed by atoms with Crippen LogP contribution in [-0.4, -0.2) is 22.9 Å². The van der Waals surface area contributed by atoms with Crippen molar-refractivity contribution in [2.45, 2.75) is 13.0 Å². The third-order valence-corrected chi connectivity index (χ3v) is 3.53. The number of nitro groups is 1. The first-order valence-electron chi connectivity index (χ1n) is 6.67. The number of benzene rings is 1. The zero-order chi connectivity index (χ0) is 17.0. The van der Waals surface area contributed by atoms with Crippen LogP contribution < -0.4 is 10.1 Å². The zero-order valence-electron chi connectivity index (χ0n) is 12.4. The molecule has 1 heterocycles. The molecule has 0 saturated heterocycles. The molecule has 0 radical (unpaired) electrons. The Balaban J connectivity index is 2.14. The number of pyridine rings is 1. The van der Waals surface area contributed by atoms with Crippen molar-refractivity contribution in [3.05, 3.63) is 62.9 Å². The SMILES string of the molecule is COc1ccc(C(C)NC(=O)c2cnc(Cl)c([N+](=O)[O-])c2)cc1. The lowest BCUT2D eigenvalue weighted by atomic mass is 10.1. The molecular weight excluding hydrogens is 322 g/mol. The predicted molar refractivity (Wildman–Crippen MR) is 84.8 cm³/mol. The molecule has 0 aliphatic carbocycles. The van der Waals surface area contributed by atoms with E-state index in [1.165, 1.54) is 6.20 Å². The number of carbonyl (C=O) groups excluding carboxylic acids is 1. The van der Waals surface area contributed by atoms with Crippen molar-refractivity contribution in [3.8, 4) is 5.75 Å². The van der Waals surface area contributed by atoms with E-state index in [1.807, 2.05) is 12.1 Å². The van der Waals surface area contributed by atoms with Gasteiger partial charge < -0.3 is 10.1 Å². The summed E-state index contributed by atoms with van der Waals surface area (Å²) in [5, 5.41) is 13.3. The van der Waals surface area contributed by atoms with Crippen molar-refractivity contribution >= 4 is 23.2 Å². The Bertz CT molecular complexity index is 734. The van der Waals surface area contributed by atoms with Crippen LogP contribution in [0, 0.1) is 10.1 Å². The van der Waals surface area contributed by atoms with Crippen LogP contribution in [-0.2, 0) is 0 Å². The largest absolute Gasteiger partial charge is 0.497 e. The molecule has 0 bridgehead atoms. The molecule has 0 aliphatic heterocycles. The van der Waals surface area contributed by atoms with E-state index < -0.39 is 16.5 Å². The molecule has 1 amide bonds. The summed E-state index contributed by atoms with van der Waals surface area (Å²) in [6.07, 6.45) is 1.20. The fourth-order valence-corrected chi connectivity index (χ4v) is 2.12. The second kappa shape index (κ2) is 7.06. The van der Waals surface area contributed by atoms with E-state index in [1.54, 1.807) is 26.2 Å². The third kappa shape index (κ3) is 3.95. The van der Waals surface area contributed by atoms with Crippen molar-refractivity contribution in [2.24, 2.45) is 0 Å². The lowest BCUT2D eigenvalue weighted by molar-refractivity contribution is -0.385. The van der Waals surface area contributed by atoms with Crippen LogP contribution in [0.3, 0.4) is 0 Å². The molecule has 23 heavy (non-hydrogen) atoms. The van der Waals surface area contributed by atoms with Gasteiger partial charge in [0, 0.05) is 12.3 Å². The van der Waals surface area contributed by atoms with E-state index in [4.69, 9.17) is 16.3 Å². The maximum Gasteiger partial charge on any atom is 0.307 e. The monoisotopic (exact) mass is 335 g/mol. The molecule has 2 aromatic rings. The van der Waals surface area contributed by atoms with Crippen molar-refractivity contribution in [1.82, 2.24) is 10.3 Å². The Morgan fingerprint density at radius 3 is 2.61 bits per heavy atom. The molecule has 1 N–H and O–H groups in total. The predicted octanol–water partition coefficient (Wildman–Crippen LogP) is 3.14. The maximum absolute atomic E-state index is 12.2. The molecule has 0 fully saturated rings. The number of nitrogens with one attached hydrogen (secondary N) is 1.